The average Bonchev–Trinajstić information content (AvgIpc) is 3.12. The van der Waals surface area contributed by atoms with Crippen molar-refractivity contribution < 1.29 is 14.6 Å². The third-order valence-corrected chi connectivity index (χ3v) is 5.68. The molecule has 6 heteroatoms. The molecule has 2 fully saturated rings. The topological polar surface area (TPSA) is 57.2 Å². The lowest BCUT2D eigenvalue weighted by Gasteiger charge is -2.37. The third-order valence-electron chi connectivity index (χ3n) is 5.68. The second-order valence-corrected chi connectivity index (χ2v) is 7.42. The van der Waals surface area contributed by atoms with Crippen molar-refractivity contribution in [3.63, 3.8) is 0 Å². The molecule has 0 saturated carbocycles. The van der Waals surface area contributed by atoms with E-state index in [0.717, 1.165) is 76.7 Å². The molecule has 0 spiro atoms. The maximum atomic E-state index is 10.5. The minimum Gasteiger partial charge on any atom is -0.454 e. The highest BCUT2D eigenvalue weighted by atomic mass is 16.7. The molecule has 6 nitrogen and oxygen atoms in total. The summed E-state index contributed by atoms with van der Waals surface area (Å²) < 4.78 is 10.8. The Morgan fingerprint density at radius 3 is 2.56 bits per heavy atom. The van der Waals surface area contributed by atoms with Crippen LogP contribution in [0.15, 0.2) is 18.2 Å². The van der Waals surface area contributed by atoms with Crippen molar-refractivity contribution in [2.24, 2.45) is 5.92 Å². The van der Waals surface area contributed by atoms with Gasteiger partial charge in [-0.05, 0) is 49.5 Å². The summed E-state index contributed by atoms with van der Waals surface area (Å²) in [4.78, 5) is 4.90. The maximum absolute atomic E-state index is 10.5. The molecule has 3 aliphatic heterocycles. The summed E-state index contributed by atoms with van der Waals surface area (Å²) in [6, 6.07) is 6.22. The van der Waals surface area contributed by atoms with Crippen molar-refractivity contribution in [2.45, 2.75) is 25.5 Å². The number of fused-ring (bicyclic) bond motifs is 1. The van der Waals surface area contributed by atoms with Crippen LogP contribution in [0.2, 0.25) is 0 Å². The summed E-state index contributed by atoms with van der Waals surface area (Å²) in [6.07, 6.45) is 2.03. The molecule has 0 bridgehead atoms. The van der Waals surface area contributed by atoms with Crippen molar-refractivity contribution in [2.75, 3.05) is 52.6 Å². The Kier molecular flexibility index (Phi) is 5.41. The third kappa shape index (κ3) is 4.26. The first-order valence-electron chi connectivity index (χ1n) is 9.50. The number of hydrogen-bond acceptors (Lipinski definition) is 6. The van der Waals surface area contributed by atoms with Crippen molar-refractivity contribution in [1.82, 2.24) is 15.1 Å². The SMILES string of the molecule is OC(CN1CCN(Cc2ccc3c(c2)OCO3)CC1)C1CCNCC1. The molecule has 2 saturated heterocycles. The van der Waals surface area contributed by atoms with Gasteiger partial charge in [0.25, 0.3) is 0 Å². The molecule has 3 heterocycles. The monoisotopic (exact) mass is 347 g/mol. The number of piperidine rings is 1. The number of hydrogen-bond donors (Lipinski definition) is 2. The van der Waals surface area contributed by atoms with Crippen LogP contribution in [0.25, 0.3) is 0 Å². The lowest BCUT2D eigenvalue weighted by atomic mass is 9.92. The van der Waals surface area contributed by atoms with Crippen molar-refractivity contribution in [1.29, 1.82) is 0 Å². The number of ether oxygens (including phenoxy) is 2. The van der Waals surface area contributed by atoms with Crippen molar-refractivity contribution in [3.8, 4) is 11.5 Å². The van der Waals surface area contributed by atoms with Gasteiger partial charge in [0, 0.05) is 39.3 Å². The summed E-state index contributed by atoms with van der Waals surface area (Å²) in [6.45, 7) is 8.36. The highest BCUT2D eigenvalue weighted by molar-refractivity contribution is 5.44. The number of aliphatic hydroxyl groups excluding tert-OH is 1. The van der Waals surface area contributed by atoms with Gasteiger partial charge in [0.1, 0.15) is 0 Å². The highest BCUT2D eigenvalue weighted by Gasteiger charge is 2.25. The van der Waals surface area contributed by atoms with Gasteiger partial charge < -0.3 is 19.9 Å². The molecule has 0 aliphatic carbocycles. The maximum Gasteiger partial charge on any atom is 0.231 e. The summed E-state index contributed by atoms with van der Waals surface area (Å²) in [5.41, 5.74) is 1.27. The Labute approximate surface area is 149 Å². The first-order chi connectivity index (χ1) is 12.3. The van der Waals surface area contributed by atoms with E-state index in [1.54, 1.807) is 0 Å². The molecule has 1 aromatic rings. The fraction of sp³-hybridized carbons (Fsp3) is 0.684. The van der Waals surface area contributed by atoms with E-state index in [4.69, 9.17) is 9.47 Å². The van der Waals surface area contributed by atoms with Crippen LogP contribution in [0.3, 0.4) is 0 Å². The van der Waals surface area contributed by atoms with Gasteiger partial charge in [0.15, 0.2) is 11.5 Å². The molecule has 4 rings (SSSR count). The van der Waals surface area contributed by atoms with E-state index in [0.29, 0.717) is 12.7 Å². The van der Waals surface area contributed by atoms with Crippen molar-refractivity contribution >= 4 is 0 Å². The first kappa shape index (κ1) is 17.1. The molecule has 25 heavy (non-hydrogen) atoms. The Bertz CT molecular complexity index is 569. The molecular formula is C19H29N3O3. The van der Waals surface area contributed by atoms with E-state index in [1.807, 2.05) is 6.07 Å². The molecule has 0 amide bonds. The number of aliphatic hydroxyl groups is 1. The van der Waals surface area contributed by atoms with E-state index in [9.17, 15) is 5.11 Å². The smallest absolute Gasteiger partial charge is 0.231 e. The van der Waals surface area contributed by atoms with Gasteiger partial charge in [0.2, 0.25) is 6.79 Å². The molecular weight excluding hydrogens is 318 g/mol. The van der Waals surface area contributed by atoms with Gasteiger partial charge in [-0.25, -0.2) is 0 Å². The molecule has 0 aromatic heterocycles. The van der Waals surface area contributed by atoms with Crippen LogP contribution in [0, 0.1) is 5.92 Å². The predicted octanol–water partition coefficient (Wildman–Crippen LogP) is 0.893. The molecule has 1 atom stereocenters. The summed E-state index contributed by atoms with van der Waals surface area (Å²) in [5.74, 6) is 2.18. The molecule has 3 aliphatic rings. The van der Waals surface area contributed by atoms with Gasteiger partial charge in [0.05, 0.1) is 6.10 Å². The van der Waals surface area contributed by atoms with E-state index in [2.05, 4.69) is 27.2 Å². The first-order valence-corrected chi connectivity index (χ1v) is 9.50. The summed E-state index contributed by atoms with van der Waals surface area (Å²) in [7, 11) is 0. The number of rotatable bonds is 5. The zero-order valence-electron chi connectivity index (χ0n) is 14.8. The summed E-state index contributed by atoms with van der Waals surface area (Å²) >= 11 is 0. The lowest BCUT2D eigenvalue weighted by molar-refractivity contribution is 0.0304. The van der Waals surface area contributed by atoms with Gasteiger partial charge in [-0.2, -0.15) is 0 Å². The Hall–Kier alpha value is -1.34. The number of piperazine rings is 1. The van der Waals surface area contributed by atoms with E-state index < -0.39 is 0 Å². The second kappa shape index (κ2) is 7.91. The Morgan fingerprint density at radius 1 is 1.04 bits per heavy atom. The molecule has 1 aromatic carbocycles. The fourth-order valence-electron chi connectivity index (χ4n) is 4.07. The van der Waals surface area contributed by atoms with Crippen LogP contribution in [0.5, 0.6) is 11.5 Å². The van der Waals surface area contributed by atoms with Gasteiger partial charge in [-0.3, -0.25) is 9.80 Å². The fourth-order valence-corrected chi connectivity index (χ4v) is 4.07. The normalized spacial score (nSPS) is 23.7. The number of β-amino-alcohol motifs (C(OH)–C–C–N with tert-alkyl or cyclic N) is 1. The van der Waals surface area contributed by atoms with E-state index in [-0.39, 0.29) is 6.10 Å². The Balaban J connectivity index is 1.23. The largest absolute Gasteiger partial charge is 0.454 e. The molecule has 1 unspecified atom stereocenters. The van der Waals surface area contributed by atoms with Gasteiger partial charge >= 0.3 is 0 Å². The number of nitrogens with zero attached hydrogens (tertiary/aromatic N) is 2. The van der Waals surface area contributed by atoms with Crippen LogP contribution in [-0.2, 0) is 6.54 Å². The van der Waals surface area contributed by atoms with Crippen LogP contribution >= 0.6 is 0 Å². The van der Waals surface area contributed by atoms with Crippen LogP contribution in [0.1, 0.15) is 18.4 Å². The second-order valence-electron chi connectivity index (χ2n) is 7.42. The van der Waals surface area contributed by atoms with Crippen molar-refractivity contribution in [3.05, 3.63) is 23.8 Å². The lowest BCUT2D eigenvalue weighted by Crippen LogP contribution is -2.49. The zero-order valence-corrected chi connectivity index (χ0v) is 14.8. The standard InChI is InChI=1S/C19H29N3O3/c23-17(16-3-5-20-6-4-16)13-22-9-7-21(8-10-22)12-15-1-2-18-19(11-15)25-14-24-18/h1-2,11,16-17,20,23H,3-10,12-14H2. The average molecular weight is 347 g/mol. The van der Waals surface area contributed by atoms with Crippen LogP contribution in [-0.4, -0.2) is 73.6 Å². The quantitative estimate of drug-likeness (QED) is 0.825. The van der Waals surface area contributed by atoms with Gasteiger partial charge in [-0.15, -0.1) is 0 Å². The minimum absolute atomic E-state index is 0.178. The molecule has 138 valence electrons. The van der Waals surface area contributed by atoms with Crippen LogP contribution < -0.4 is 14.8 Å². The Morgan fingerprint density at radius 2 is 1.76 bits per heavy atom. The predicted molar refractivity (Wildman–Crippen MR) is 95.9 cm³/mol. The highest BCUT2D eigenvalue weighted by Crippen LogP contribution is 2.32. The summed E-state index contributed by atoms with van der Waals surface area (Å²) in [5, 5.41) is 13.9. The molecule has 2 N–H and O–H groups in total. The zero-order chi connectivity index (χ0) is 17.1. The van der Waals surface area contributed by atoms with E-state index >= 15 is 0 Å². The van der Waals surface area contributed by atoms with E-state index in [1.165, 1.54) is 5.56 Å². The molecule has 0 radical (unpaired) electrons. The minimum atomic E-state index is -0.178. The van der Waals surface area contributed by atoms with Crippen LogP contribution in [0.4, 0.5) is 0 Å². The number of benzene rings is 1. The van der Waals surface area contributed by atoms with Gasteiger partial charge in [-0.1, -0.05) is 6.07 Å². The number of nitrogens with one attached hydrogen (secondary N) is 1.